The first-order valence-corrected chi connectivity index (χ1v) is 16.6. The summed E-state index contributed by atoms with van der Waals surface area (Å²) in [4.78, 5) is 38.8. The van der Waals surface area contributed by atoms with E-state index in [0.717, 1.165) is 0 Å². The number of hydrogen-bond donors (Lipinski definition) is 4. The third-order valence-electron chi connectivity index (χ3n) is 8.28. The van der Waals surface area contributed by atoms with Gasteiger partial charge >= 0.3 is 0 Å². The Bertz CT molecular complexity index is 2640. The number of nitriles is 2. The van der Waals surface area contributed by atoms with Crippen LogP contribution in [0.4, 0.5) is 0 Å². The largest absolute Gasteiger partial charge is 0.494 e. The van der Waals surface area contributed by atoms with Crippen LogP contribution in [0.3, 0.4) is 0 Å². The van der Waals surface area contributed by atoms with Gasteiger partial charge in [-0.2, -0.15) is 10.5 Å². The molecule has 0 bridgehead atoms. The average molecular weight is 764 g/mol. The third kappa shape index (κ3) is 6.00. The zero-order valence-electron chi connectivity index (χ0n) is 26.1. The van der Waals surface area contributed by atoms with E-state index >= 15 is 0 Å². The van der Waals surface area contributed by atoms with Crippen molar-refractivity contribution in [1.29, 1.82) is 10.5 Å². The summed E-state index contributed by atoms with van der Waals surface area (Å²) in [6.45, 7) is 0. The Hall–Kier alpha value is -6.14. The van der Waals surface area contributed by atoms with E-state index in [4.69, 9.17) is 56.9 Å². The van der Waals surface area contributed by atoms with Gasteiger partial charge in [-0.25, -0.2) is 9.98 Å². The van der Waals surface area contributed by atoms with Crippen molar-refractivity contribution in [3.05, 3.63) is 150 Å². The Morgan fingerprint density at radius 3 is 1.35 bits per heavy atom. The number of rotatable bonds is 4. The van der Waals surface area contributed by atoms with E-state index in [-0.39, 0.29) is 17.3 Å². The van der Waals surface area contributed by atoms with Gasteiger partial charge in [-0.05, 0) is 54.1 Å². The van der Waals surface area contributed by atoms with Crippen molar-refractivity contribution in [3.8, 4) is 46.4 Å². The van der Waals surface area contributed by atoms with Crippen LogP contribution in [0.2, 0.25) is 20.1 Å². The number of nitrogens with one attached hydrogen (secondary N) is 2. The molecule has 2 aliphatic rings. The second kappa shape index (κ2) is 13.5. The van der Waals surface area contributed by atoms with Crippen LogP contribution >= 0.6 is 46.4 Å². The number of benzene rings is 4. The van der Waals surface area contributed by atoms with Gasteiger partial charge in [0.2, 0.25) is 0 Å². The standard InChI is InChI=1S/C20H10N4O2.C18H8Cl4N2O2/c21-9-11-1-5-13(6-2-11)17-15-16(20(26)23-17)18(24-19(15)25)14-7-3-12(10-22)4-8-14;19-9-3-1-7(5-11(9)21)15-13-14(18(26)23-15)16(24-17(13)25)8-2-4-10(20)12(22)6-8/h1-8,23,26H;1-6,23,26H. The zero-order chi connectivity index (χ0) is 36.8. The van der Waals surface area contributed by atoms with Crippen LogP contribution in [0.15, 0.2) is 94.9 Å². The van der Waals surface area contributed by atoms with Crippen molar-refractivity contribution in [3.63, 3.8) is 0 Å². The van der Waals surface area contributed by atoms with Crippen molar-refractivity contribution in [2.45, 2.75) is 0 Å². The quantitative estimate of drug-likeness (QED) is 0.139. The molecule has 0 radical (unpaired) electrons. The number of carbonyl (C=O) groups is 2. The molecule has 4 heterocycles. The van der Waals surface area contributed by atoms with Crippen molar-refractivity contribution in [2.75, 3.05) is 0 Å². The maximum absolute atomic E-state index is 12.5. The molecule has 0 saturated carbocycles. The number of hydrogen-bond acceptors (Lipinski definition) is 6. The van der Waals surface area contributed by atoms with Crippen LogP contribution in [0.5, 0.6) is 11.8 Å². The summed E-state index contributed by atoms with van der Waals surface area (Å²) in [5.74, 6) is -1.24. The Balaban J connectivity index is 0.000000162. The van der Waals surface area contributed by atoms with E-state index in [2.05, 4.69) is 20.0 Å². The topological polar surface area (TPSA) is 178 Å². The molecule has 0 spiro atoms. The van der Waals surface area contributed by atoms with E-state index in [1.807, 2.05) is 12.1 Å². The maximum Gasteiger partial charge on any atom is 0.280 e. The Morgan fingerprint density at radius 1 is 0.500 bits per heavy atom. The first kappa shape index (κ1) is 34.3. The second-order valence-corrected chi connectivity index (χ2v) is 13.0. The summed E-state index contributed by atoms with van der Waals surface area (Å²) < 4.78 is 0. The van der Waals surface area contributed by atoms with Gasteiger partial charge in [-0.15, -0.1) is 0 Å². The molecule has 4 N–H and O–H groups in total. The molecule has 252 valence electrons. The van der Waals surface area contributed by atoms with Crippen LogP contribution in [-0.2, 0) is 0 Å². The zero-order valence-corrected chi connectivity index (χ0v) is 29.1. The molecule has 8 rings (SSSR count). The smallest absolute Gasteiger partial charge is 0.280 e. The lowest BCUT2D eigenvalue weighted by Crippen LogP contribution is -1.99. The first-order valence-electron chi connectivity index (χ1n) is 15.1. The summed E-state index contributed by atoms with van der Waals surface area (Å²) in [5.41, 5.74) is 6.27. The molecular formula is C38H18Cl4N6O4. The molecule has 52 heavy (non-hydrogen) atoms. The van der Waals surface area contributed by atoms with Gasteiger partial charge in [0, 0.05) is 16.7 Å². The maximum atomic E-state index is 12.5. The monoisotopic (exact) mass is 762 g/mol. The van der Waals surface area contributed by atoms with Crippen molar-refractivity contribution < 1.29 is 19.8 Å². The van der Waals surface area contributed by atoms with Gasteiger partial charge < -0.3 is 20.2 Å². The predicted octanol–water partition coefficient (Wildman–Crippen LogP) is 9.11. The van der Waals surface area contributed by atoms with Gasteiger partial charge in [0.25, 0.3) is 11.8 Å². The summed E-state index contributed by atoms with van der Waals surface area (Å²) in [6, 6.07) is 27.2. The minimum absolute atomic E-state index is 0.145. The summed E-state index contributed by atoms with van der Waals surface area (Å²) in [6.07, 6.45) is 0. The summed E-state index contributed by atoms with van der Waals surface area (Å²) in [7, 11) is 0. The van der Waals surface area contributed by atoms with Gasteiger partial charge in [0.05, 0.1) is 88.4 Å². The molecule has 14 heteroatoms. The fourth-order valence-corrected chi connectivity index (χ4v) is 6.45. The fraction of sp³-hybridized carbons (Fsp3) is 0. The molecule has 0 fully saturated rings. The Kier molecular flexibility index (Phi) is 8.93. The van der Waals surface area contributed by atoms with Gasteiger partial charge in [0.1, 0.15) is 0 Å². The molecule has 2 aromatic heterocycles. The van der Waals surface area contributed by atoms with Crippen LogP contribution in [0.1, 0.15) is 54.1 Å². The molecule has 0 aliphatic carbocycles. The van der Waals surface area contributed by atoms with Gasteiger partial charge in [-0.1, -0.05) is 82.8 Å². The molecular weight excluding hydrogens is 746 g/mol. The molecule has 4 aromatic carbocycles. The Labute approximate surface area is 314 Å². The molecule has 0 saturated heterocycles. The lowest BCUT2D eigenvalue weighted by Gasteiger charge is -2.03. The number of aromatic amines is 2. The van der Waals surface area contributed by atoms with Crippen molar-refractivity contribution in [1.82, 2.24) is 9.97 Å². The normalized spacial score (nSPS) is 12.7. The average Bonchev–Trinajstić information content (AvgIpc) is 3.89. The van der Waals surface area contributed by atoms with Crippen LogP contribution in [-0.4, -0.2) is 43.4 Å². The number of carbonyl (C=O) groups excluding carboxylic acids is 2. The number of H-pyrrole nitrogens is 2. The van der Waals surface area contributed by atoms with Crippen LogP contribution in [0.25, 0.3) is 22.5 Å². The van der Waals surface area contributed by atoms with Crippen LogP contribution < -0.4 is 0 Å². The highest BCUT2D eigenvalue weighted by atomic mass is 35.5. The highest BCUT2D eigenvalue weighted by Gasteiger charge is 2.35. The van der Waals surface area contributed by atoms with Gasteiger partial charge in [-0.3, -0.25) is 9.59 Å². The van der Waals surface area contributed by atoms with Crippen molar-refractivity contribution >= 4 is 69.6 Å². The molecule has 10 nitrogen and oxygen atoms in total. The van der Waals surface area contributed by atoms with E-state index in [1.165, 1.54) is 0 Å². The van der Waals surface area contributed by atoms with E-state index in [1.54, 1.807) is 84.9 Å². The molecule has 0 unspecified atom stereocenters. The number of aromatic nitrogens is 2. The molecule has 2 aliphatic heterocycles. The van der Waals surface area contributed by atoms with Crippen LogP contribution in [0, 0.1) is 22.7 Å². The fourth-order valence-electron chi connectivity index (χ4n) is 5.85. The van der Waals surface area contributed by atoms with Crippen molar-refractivity contribution in [2.24, 2.45) is 9.98 Å². The predicted molar refractivity (Wildman–Crippen MR) is 198 cm³/mol. The highest BCUT2D eigenvalue weighted by Crippen LogP contribution is 2.41. The number of halogens is 4. The Morgan fingerprint density at radius 2 is 0.885 bits per heavy atom. The van der Waals surface area contributed by atoms with E-state index in [9.17, 15) is 19.8 Å². The number of amides is 2. The minimum Gasteiger partial charge on any atom is -0.494 e. The van der Waals surface area contributed by atoms with E-state index < -0.39 is 11.8 Å². The SMILES string of the molecule is N#Cc1ccc(C2=NC(=O)c3c(-c4ccc(C#N)cc4)[nH]c(O)c32)cc1.O=C1N=C(c2ccc(Cl)c(Cl)c2)c2c(O)[nH]c(-c3ccc(Cl)c(Cl)c3)c21. The first-order chi connectivity index (χ1) is 25.0. The van der Waals surface area contributed by atoms with E-state index in [0.29, 0.717) is 93.0 Å². The summed E-state index contributed by atoms with van der Waals surface area (Å²) >= 11 is 24.0. The molecule has 0 atom stereocenters. The number of fused-ring (bicyclic) bond motifs is 2. The second-order valence-electron chi connectivity index (χ2n) is 11.4. The molecule has 2 amide bonds. The lowest BCUT2D eigenvalue weighted by atomic mass is 9.99. The third-order valence-corrected chi connectivity index (χ3v) is 9.76. The minimum atomic E-state index is -0.473. The number of aliphatic imine (C=N–C) groups is 2. The van der Waals surface area contributed by atoms with Gasteiger partial charge in [0.15, 0.2) is 11.8 Å². The summed E-state index contributed by atoms with van der Waals surface area (Å²) in [5, 5.41) is 40.0. The lowest BCUT2D eigenvalue weighted by molar-refractivity contribution is 0.0998. The molecule has 6 aromatic rings. The highest BCUT2D eigenvalue weighted by molar-refractivity contribution is 6.43. The number of nitrogens with zero attached hydrogens (tertiary/aromatic N) is 4. The number of aromatic hydroxyl groups is 2.